The highest BCUT2D eigenvalue weighted by Gasteiger charge is 2.65. The first kappa shape index (κ1) is 25.5. The van der Waals surface area contributed by atoms with E-state index in [1.54, 1.807) is 0 Å². The van der Waals surface area contributed by atoms with Crippen LogP contribution in [0.25, 0.3) is 0 Å². The smallest absolute Gasteiger partial charge is 0.309 e. The molecule has 0 spiro atoms. The molecule has 4 nitrogen and oxygen atoms in total. The van der Waals surface area contributed by atoms with Gasteiger partial charge in [-0.2, -0.15) is 0 Å². The van der Waals surface area contributed by atoms with Crippen molar-refractivity contribution in [2.24, 2.45) is 44.8 Å². The van der Waals surface area contributed by atoms with E-state index >= 15 is 0 Å². The zero-order chi connectivity index (χ0) is 25.3. The van der Waals surface area contributed by atoms with Crippen LogP contribution in [0.5, 0.6) is 0 Å². The van der Waals surface area contributed by atoms with Gasteiger partial charge >= 0.3 is 11.9 Å². The van der Waals surface area contributed by atoms with Gasteiger partial charge in [-0.1, -0.05) is 51.5 Å². The maximum absolute atomic E-state index is 12.2. The number of carbonyl (C=O) groups is 2. The Kier molecular flexibility index (Phi) is 5.98. The van der Waals surface area contributed by atoms with E-state index in [-0.39, 0.29) is 28.1 Å². The van der Waals surface area contributed by atoms with E-state index in [1.165, 1.54) is 11.1 Å². The number of hydrogen-bond donors (Lipinski definition) is 2. The number of hydrogen-bond acceptors (Lipinski definition) is 2. The summed E-state index contributed by atoms with van der Waals surface area (Å²) in [4.78, 5) is 23.8. The van der Waals surface area contributed by atoms with Crippen LogP contribution in [-0.2, 0) is 9.59 Å². The van der Waals surface area contributed by atoms with Crippen molar-refractivity contribution >= 4 is 11.9 Å². The summed E-state index contributed by atoms with van der Waals surface area (Å²) in [6.45, 7) is 18.1. The van der Waals surface area contributed by atoms with Crippen LogP contribution in [-0.4, -0.2) is 22.2 Å². The van der Waals surface area contributed by atoms with E-state index < -0.39 is 17.4 Å². The summed E-state index contributed by atoms with van der Waals surface area (Å²) in [5.74, 6) is -0.283. The molecule has 2 N–H and O–H groups in total. The molecule has 0 saturated heterocycles. The summed E-state index contributed by atoms with van der Waals surface area (Å²) < 4.78 is 0. The molecule has 4 rings (SSSR count). The lowest BCUT2D eigenvalue weighted by atomic mass is 9.35. The number of rotatable bonds is 5. The second-order valence-electron chi connectivity index (χ2n) is 13.8. The molecule has 8 atom stereocenters. The first-order valence-electron chi connectivity index (χ1n) is 13.4. The normalized spacial score (nSPS) is 48.1. The van der Waals surface area contributed by atoms with Crippen LogP contribution in [0.4, 0.5) is 0 Å². The van der Waals surface area contributed by atoms with Crippen molar-refractivity contribution in [3.8, 4) is 0 Å². The molecule has 34 heavy (non-hydrogen) atoms. The minimum absolute atomic E-state index is 0.0291. The molecule has 0 unspecified atom stereocenters. The zero-order valence-electron chi connectivity index (χ0n) is 22.3. The monoisotopic (exact) mass is 470 g/mol. The molecular formula is C30H46O4. The lowest BCUT2D eigenvalue weighted by Crippen LogP contribution is -2.61. The Morgan fingerprint density at radius 3 is 2.26 bits per heavy atom. The molecule has 0 aromatic heterocycles. The third kappa shape index (κ3) is 3.45. The highest BCUT2D eigenvalue weighted by Crippen LogP contribution is 2.74. The van der Waals surface area contributed by atoms with Crippen molar-refractivity contribution in [1.82, 2.24) is 0 Å². The largest absolute Gasteiger partial charge is 0.481 e. The Morgan fingerprint density at radius 1 is 1.03 bits per heavy atom. The van der Waals surface area contributed by atoms with E-state index in [0.717, 1.165) is 51.4 Å². The van der Waals surface area contributed by atoms with Gasteiger partial charge in [0, 0.05) is 6.42 Å². The van der Waals surface area contributed by atoms with Gasteiger partial charge in [0.15, 0.2) is 0 Å². The fraction of sp³-hybridized carbons (Fsp3) is 0.800. The summed E-state index contributed by atoms with van der Waals surface area (Å²) in [5.41, 5.74) is 2.28. The summed E-state index contributed by atoms with van der Waals surface area (Å²) in [7, 11) is 0. The predicted octanol–water partition coefficient (Wildman–Crippen LogP) is 7.49. The van der Waals surface area contributed by atoms with Gasteiger partial charge in [-0.15, -0.1) is 0 Å². The average molecular weight is 471 g/mol. The molecule has 3 saturated carbocycles. The lowest BCUT2D eigenvalue weighted by molar-refractivity contribution is -0.161. The summed E-state index contributed by atoms with van der Waals surface area (Å²) in [5, 5.41) is 19.6. The molecule has 4 heteroatoms. The Labute approximate surface area is 206 Å². The minimum atomic E-state index is -0.712. The second kappa shape index (κ2) is 7.96. The van der Waals surface area contributed by atoms with Gasteiger partial charge in [-0.3, -0.25) is 9.59 Å². The Hall–Kier alpha value is -1.58. The van der Waals surface area contributed by atoms with Crippen molar-refractivity contribution in [3.05, 3.63) is 23.8 Å². The summed E-state index contributed by atoms with van der Waals surface area (Å²) >= 11 is 0. The van der Waals surface area contributed by atoms with Crippen LogP contribution in [0.15, 0.2) is 23.8 Å². The maximum atomic E-state index is 12.2. The molecule has 3 fully saturated rings. The number of carboxylic acids is 2. The fourth-order valence-corrected chi connectivity index (χ4v) is 9.45. The topological polar surface area (TPSA) is 74.6 Å². The summed E-state index contributed by atoms with van der Waals surface area (Å²) in [6, 6.07) is 0. The fourth-order valence-electron chi connectivity index (χ4n) is 9.45. The van der Waals surface area contributed by atoms with Crippen molar-refractivity contribution in [3.63, 3.8) is 0 Å². The van der Waals surface area contributed by atoms with Crippen molar-refractivity contribution < 1.29 is 19.8 Å². The number of carboxylic acid groups (broad SMARTS) is 2. The van der Waals surface area contributed by atoms with E-state index in [9.17, 15) is 19.8 Å². The Balaban J connectivity index is 1.79. The van der Waals surface area contributed by atoms with Crippen molar-refractivity contribution in [2.75, 3.05) is 0 Å². The third-order valence-electron chi connectivity index (χ3n) is 12.1. The standard InChI is InChI=1S/C30H46O4/c1-19(2)20-10-13-30(7)23(28(20,5)12-11-24(31)32)9-8-21-22-18-27(4,25(33)34)15-14-26(22,3)16-17-29(21,30)6/h8,20,22-23H,1,9-18H2,2-7H3,(H,31,32)(H,33,34)/t20-,22-,23+,26+,27-,28-,29+,30+/m0/s1. The second-order valence-corrected chi connectivity index (χ2v) is 13.8. The third-order valence-corrected chi connectivity index (χ3v) is 12.1. The molecule has 4 aliphatic rings. The van der Waals surface area contributed by atoms with Gasteiger partial charge in [0.1, 0.15) is 0 Å². The molecule has 0 amide bonds. The molecule has 190 valence electrons. The Morgan fingerprint density at radius 2 is 1.68 bits per heavy atom. The van der Waals surface area contributed by atoms with Crippen LogP contribution in [0.1, 0.15) is 106 Å². The first-order chi connectivity index (χ1) is 15.6. The molecule has 0 aromatic carbocycles. The number of fused-ring (bicyclic) bond motifs is 5. The predicted molar refractivity (Wildman–Crippen MR) is 135 cm³/mol. The molecule has 0 heterocycles. The highest BCUT2D eigenvalue weighted by atomic mass is 16.4. The van der Waals surface area contributed by atoms with Gasteiger partial charge in [0.05, 0.1) is 5.41 Å². The van der Waals surface area contributed by atoms with Crippen LogP contribution >= 0.6 is 0 Å². The number of allylic oxidation sites excluding steroid dienone is 3. The minimum Gasteiger partial charge on any atom is -0.481 e. The maximum Gasteiger partial charge on any atom is 0.309 e. The van der Waals surface area contributed by atoms with Gasteiger partial charge in [-0.05, 0) is 111 Å². The van der Waals surface area contributed by atoms with Crippen LogP contribution in [0, 0.1) is 44.8 Å². The average Bonchev–Trinajstić information content (AvgIpc) is 2.74. The van der Waals surface area contributed by atoms with Gasteiger partial charge < -0.3 is 10.2 Å². The lowest BCUT2D eigenvalue weighted by Gasteiger charge is -2.69. The van der Waals surface area contributed by atoms with E-state index in [4.69, 9.17) is 0 Å². The van der Waals surface area contributed by atoms with Gasteiger partial charge in [0.2, 0.25) is 0 Å². The summed E-state index contributed by atoms with van der Waals surface area (Å²) in [6.07, 6.45) is 11.4. The number of aliphatic carboxylic acids is 2. The van der Waals surface area contributed by atoms with Crippen molar-refractivity contribution in [2.45, 2.75) is 106 Å². The molecular weight excluding hydrogens is 424 g/mol. The van der Waals surface area contributed by atoms with Crippen LogP contribution < -0.4 is 0 Å². The SMILES string of the molecule is C=C(C)[C@@H]1CC[C@]2(C)[C@H](CC=C3[C@@H]4C[C@@](C)(C(=O)O)CC[C@]4(C)CC[C@]32C)[C@@]1(C)CCC(=O)O. The van der Waals surface area contributed by atoms with E-state index in [1.807, 2.05) is 6.92 Å². The quantitative estimate of drug-likeness (QED) is 0.408. The molecule has 4 aliphatic carbocycles. The van der Waals surface area contributed by atoms with Gasteiger partial charge in [0.25, 0.3) is 0 Å². The zero-order valence-corrected chi connectivity index (χ0v) is 22.3. The van der Waals surface area contributed by atoms with E-state index in [0.29, 0.717) is 24.2 Å². The molecule has 0 aliphatic heterocycles. The Bertz CT molecular complexity index is 934. The molecule has 0 bridgehead atoms. The van der Waals surface area contributed by atoms with Gasteiger partial charge in [-0.25, -0.2) is 0 Å². The highest BCUT2D eigenvalue weighted by molar-refractivity contribution is 5.74. The van der Waals surface area contributed by atoms with Crippen molar-refractivity contribution in [1.29, 1.82) is 0 Å². The van der Waals surface area contributed by atoms with E-state index in [2.05, 4.69) is 47.3 Å². The van der Waals surface area contributed by atoms with Crippen LogP contribution in [0.2, 0.25) is 0 Å². The molecule has 0 aromatic rings. The first-order valence-corrected chi connectivity index (χ1v) is 13.4. The molecule has 0 radical (unpaired) electrons. The van der Waals surface area contributed by atoms with Crippen LogP contribution in [0.3, 0.4) is 0 Å².